The Bertz CT molecular complexity index is 970. The van der Waals surface area contributed by atoms with Crippen LogP contribution >= 0.6 is 0 Å². The van der Waals surface area contributed by atoms with Crippen molar-refractivity contribution in [2.75, 3.05) is 13.2 Å². The van der Waals surface area contributed by atoms with Crippen LogP contribution in [0.3, 0.4) is 0 Å². The molecule has 1 fully saturated rings. The summed E-state index contributed by atoms with van der Waals surface area (Å²) in [5, 5.41) is 14.3. The number of ether oxygens (including phenoxy) is 1. The largest absolute Gasteiger partial charge is 0.481 e. The van der Waals surface area contributed by atoms with E-state index in [2.05, 4.69) is 34.9 Å². The molecular formula is C26H30N2O5. The monoisotopic (exact) mass is 450 g/mol. The van der Waals surface area contributed by atoms with Crippen molar-refractivity contribution < 1.29 is 24.2 Å². The van der Waals surface area contributed by atoms with Gasteiger partial charge in [0.2, 0.25) is 5.91 Å². The number of fused-ring (bicyclic) bond motifs is 3. The molecule has 0 saturated heterocycles. The van der Waals surface area contributed by atoms with E-state index in [1.807, 2.05) is 24.3 Å². The molecular weight excluding hydrogens is 420 g/mol. The van der Waals surface area contributed by atoms with Gasteiger partial charge in [-0.15, -0.1) is 0 Å². The van der Waals surface area contributed by atoms with Gasteiger partial charge in [-0.3, -0.25) is 9.59 Å². The van der Waals surface area contributed by atoms with E-state index in [-0.39, 0.29) is 49.8 Å². The average Bonchev–Trinajstić information content (AvgIpc) is 3.44. The Labute approximate surface area is 193 Å². The van der Waals surface area contributed by atoms with Gasteiger partial charge in [0.15, 0.2) is 0 Å². The molecule has 0 heterocycles. The van der Waals surface area contributed by atoms with Gasteiger partial charge in [0.05, 0.1) is 6.42 Å². The van der Waals surface area contributed by atoms with E-state index in [9.17, 15) is 14.4 Å². The van der Waals surface area contributed by atoms with E-state index in [0.29, 0.717) is 0 Å². The summed E-state index contributed by atoms with van der Waals surface area (Å²) in [6.45, 7) is 0.304. The fraction of sp³-hybridized carbons (Fsp3) is 0.423. The number of hydrogen-bond acceptors (Lipinski definition) is 4. The first-order valence-corrected chi connectivity index (χ1v) is 11.6. The van der Waals surface area contributed by atoms with Crippen molar-refractivity contribution >= 4 is 18.0 Å². The van der Waals surface area contributed by atoms with Gasteiger partial charge >= 0.3 is 12.1 Å². The third-order valence-electron chi connectivity index (χ3n) is 6.68. The van der Waals surface area contributed by atoms with Crippen LogP contribution in [0.5, 0.6) is 0 Å². The van der Waals surface area contributed by atoms with Crippen LogP contribution in [0.25, 0.3) is 11.1 Å². The van der Waals surface area contributed by atoms with Gasteiger partial charge < -0.3 is 20.5 Å². The highest BCUT2D eigenvalue weighted by Gasteiger charge is 2.31. The molecule has 2 aliphatic rings. The first-order chi connectivity index (χ1) is 16.0. The Morgan fingerprint density at radius 2 is 1.58 bits per heavy atom. The van der Waals surface area contributed by atoms with E-state index >= 15 is 0 Å². The number of carboxylic acid groups (broad SMARTS) is 1. The Balaban J connectivity index is 1.37. The summed E-state index contributed by atoms with van der Waals surface area (Å²) >= 11 is 0. The van der Waals surface area contributed by atoms with E-state index < -0.39 is 12.1 Å². The Morgan fingerprint density at radius 1 is 0.970 bits per heavy atom. The molecule has 4 rings (SSSR count). The number of carboxylic acids is 1. The third kappa shape index (κ3) is 5.53. The molecule has 1 unspecified atom stereocenters. The van der Waals surface area contributed by atoms with E-state index in [4.69, 9.17) is 9.84 Å². The number of aliphatic carboxylic acids is 1. The lowest BCUT2D eigenvalue weighted by molar-refractivity contribution is -0.136. The summed E-state index contributed by atoms with van der Waals surface area (Å²) in [4.78, 5) is 35.7. The molecule has 0 spiro atoms. The number of hydrogen-bond donors (Lipinski definition) is 3. The van der Waals surface area contributed by atoms with Gasteiger partial charge in [-0.1, -0.05) is 61.4 Å². The zero-order valence-electron chi connectivity index (χ0n) is 18.6. The maximum Gasteiger partial charge on any atom is 0.407 e. The lowest BCUT2D eigenvalue weighted by Gasteiger charge is -2.24. The highest BCUT2D eigenvalue weighted by molar-refractivity contribution is 5.80. The van der Waals surface area contributed by atoms with Crippen LogP contribution in [0.4, 0.5) is 4.79 Å². The van der Waals surface area contributed by atoms with Crippen molar-refractivity contribution in [2.45, 2.75) is 50.5 Å². The van der Waals surface area contributed by atoms with Crippen LogP contribution in [0.2, 0.25) is 0 Å². The first kappa shape index (κ1) is 22.8. The van der Waals surface area contributed by atoms with Crippen LogP contribution in [0.1, 0.15) is 55.6 Å². The molecule has 1 saturated carbocycles. The summed E-state index contributed by atoms with van der Waals surface area (Å²) in [7, 11) is 0. The number of carbonyl (C=O) groups excluding carboxylic acids is 2. The SMILES string of the molecule is O=C(O)CCNC(=O)CC(NC(=O)OCC1c2ccccc2-c2ccccc21)C1CCCC1. The summed E-state index contributed by atoms with van der Waals surface area (Å²) in [6, 6.07) is 16.0. The van der Waals surface area contributed by atoms with E-state index in [1.165, 1.54) is 11.1 Å². The third-order valence-corrected chi connectivity index (χ3v) is 6.68. The lowest BCUT2D eigenvalue weighted by Crippen LogP contribution is -2.43. The minimum Gasteiger partial charge on any atom is -0.481 e. The highest BCUT2D eigenvalue weighted by Crippen LogP contribution is 2.44. The summed E-state index contributed by atoms with van der Waals surface area (Å²) in [5.41, 5.74) is 4.64. The highest BCUT2D eigenvalue weighted by atomic mass is 16.5. The summed E-state index contributed by atoms with van der Waals surface area (Å²) in [5.74, 6) is -1.02. The summed E-state index contributed by atoms with van der Waals surface area (Å²) in [6.07, 6.45) is 3.54. The van der Waals surface area contributed by atoms with Gasteiger partial charge in [0, 0.05) is 24.9 Å². The smallest absolute Gasteiger partial charge is 0.407 e. The van der Waals surface area contributed by atoms with Gasteiger partial charge in [-0.05, 0) is 41.0 Å². The lowest BCUT2D eigenvalue weighted by atomic mass is 9.95. The number of nitrogens with one attached hydrogen (secondary N) is 2. The molecule has 2 aromatic carbocycles. The molecule has 174 valence electrons. The Hall–Kier alpha value is -3.35. The first-order valence-electron chi connectivity index (χ1n) is 11.6. The summed E-state index contributed by atoms with van der Waals surface area (Å²) < 4.78 is 5.66. The second-order valence-electron chi connectivity index (χ2n) is 8.82. The van der Waals surface area contributed by atoms with Crippen LogP contribution in [0.15, 0.2) is 48.5 Å². The van der Waals surface area contributed by atoms with Gasteiger partial charge in [0.1, 0.15) is 6.61 Å². The van der Waals surface area contributed by atoms with Crippen LogP contribution < -0.4 is 10.6 Å². The molecule has 7 nitrogen and oxygen atoms in total. The number of carbonyl (C=O) groups is 3. The number of benzene rings is 2. The fourth-order valence-electron chi connectivity index (χ4n) is 5.07. The van der Waals surface area contributed by atoms with Crippen molar-refractivity contribution in [2.24, 2.45) is 5.92 Å². The molecule has 2 aromatic rings. The fourth-order valence-corrected chi connectivity index (χ4v) is 5.07. The molecule has 2 aliphatic carbocycles. The van der Waals surface area contributed by atoms with Crippen molar-refractivity contribution in [3.8, 4) is 11.1 Å². The maximum absolute atomic E-state index is 12.7. The Kier molecular flexibility index (Phi) is 7.27. The predicted molar refractivity (Wildman–Crippen MR) is 124 cm³/mol. The second-order valence-corrected chi connectivity index (χ2v) is 8.82. The van der Waals surface area contributed by atoms with Crippen molar-refractivity contribution in [1.82, 2.24) is 10.6 Å². The van der Waals surface area contributed by atoms with Crippen LogP contribution in [-0.4, -0.2) is 42.3 Å². The Morgan fingerprint density at radius 3 is 2.18 bits per heavy atom. The van der Waals surface area contributed by atoms with Crippen molar-refractivity contribution in [3.05, 3.63) is 59.7 Å². The van der Waals surface area contributed by atoms with Crippen molar-refractivity contribution in [1.29, 1.82) is 0 Å². The molecule has 0 radical (unpaired) electrons. The van der Waals surface area contributed by atoms with Gasteiger partial charge in [0.25, 0.3) is 0 Å². The zero-order chi connectivity index (χ0) is 23.2. The van der Waals surface area contributed by atoms with E-state index in [1.54, 1.807) is 0 Å². The van der Waals surface area contributed by atoms with E-state index in [0.717, 1.165) is 36.8 Å². The quantitative estimate of drug-likeness (QED) is 0.534. The molecule has 33 heavy (non-hydrogen) atoms. The minimum atomic E-state index is -0.959. The number of rotatable bonds is 9. The maximum atomic E-state index is 12.7. The molecule has 1 atom stereocenters. The number of alkyl carbamates (subject to hydrolysis) is 1. The molecule has 3 N–H and O–H groups in total. The average molecular weight is 451 g/mol. The molecule has 0 aliphatic heterocycles. The number of amides is 2. The minimum absolute atomic E-state index is 0.0209. The molecule has 0 aromatic heterocycles. The zero-order valence-corrected chi connectivity index (χ0v) is 18.6. The second kappa shape index (κ2) is 10.5. The van der Waals surface area contributed by atoms with Crippen LogP contribution in [0, 0.1) is 5.92 Å². The van der Waals surface area contributed by atoms with Crippen molar-refractivity contribution in [3.63, 3.8) is 0 Å². The molecule has 2 amide bonds. The van der Waals surface area contributed by atoms with Crippen LogP contribution in [-0.2, 0) is 14.3 Å². The standard InChI is InChI=1S/C26H30N2O5/c29-24(27-14-13-25(30)31)15-23(17-7-1-2-8-17)28-26(32)33-16-22-20-11-5-3-9-18(20)19-10-4-6-12-21(19)22/h3-6,9-12,17,22-23H,1-2,7-8,13-16H2,(H,27,29)(H,28,32)(H,30,31). The van der Waals surface area contributed by atoms with Gasteiger partial charge in [-0.2, -0.15) is 0 Å². The molecule has 7 heteroatoms. The topological polar surface area (TPSA) is 105 Å². The predicted octanol–water partition coefficient (Wildman–Crippen LogP) is 4.06. The normalized spacial score (nSPS) is 16.0. The van der Waals surface area contributed by atoms with Gasteiger partial charge in [-0.25, -0.2) is 4.79 Å². The molecule has 0 bridgehead atoms.